The zero-order chi connectivity index (χ0) is 10.8. The molecule has 5 nitrogen and oxygen atoms in total. The lowest BCUT2D eigenvalue weighted by Crippen LogP contribution is -2.18. The number of nitrogens with zero attached hydrogens (tertiary/aromatic N) is 2. The molecule has 5 heteroatoms. The molecule has 0 amide bonds. The number of nitrogens with one attached hydrogen (secondary N) is 2. The summed E-state index contributed by atoms with van der Waals surface area (Å²) in [5.74, 6) is 2.47. The third-order valence-electron chi connectivity index (χ3n) is 3.17. The van der Waals surface area contributed by atoms with Crippen molar-refractivity contribution < 1.29 is 4.74 Å². The van der Waals surface area contributed by atoms with Crippen molar-refractivity contribution in [2.24, 2.45) is 5.92 Å². The number of anilines is 2. The van der Waals surface area contributed by atoms with E-state index in [4.69, 9.17) is 4.74 Å². The molecular formula is C11H16N4O. The average Bonchev–Trinajstić information content (AvgIpc) is 2.77. The first kappa shape index (κ1) is 9.84. The van der Waals surface area contributed by atoms with Crippen molar-refractivity contribution in [1.82, 2.24) is 9.97 Å². The van der Waals surface area contributed by atoms with Crippen LogP contribution in [0.4, 0.5) is 11.6 Å². The van der Waals surface area contributed by atoms with E-state index in [0.29, 0.717) is 5.92 Å². The lowest BCUT2D eigenvalue weighted by molar-refractivity contribution is 0.0662. The van der Waals surface area contributed by atoms with Crippen LogP contribution in [0.5, 0.6) is 0 Å². The molecule has 3 rings (SSSR count). The van der Waals surface area contributed by atoms with Gasteiger partial charge in [0.25, 0.3) is 0 Å². The number of fused-ring (bicyclic) bond motifs is 1. The Morgan fingerprint density at radius 2 is 2.06 bits per heavy atom. The van der Waals surface area contributed by atoms with E-state index < -0.39 is 0 Å². The van der Waals surface area contributed by atoms with Crippen molar-refractivity contribution in [2.45, 2.75) is 19.3 Å². The van der Waals surface area contributed by atoms with E-state index in [9.17, 15) is 0 Å². The molecule has 0 aliphatic carbocycles. The molecule has 86 valence electrons. The quantitative estimate of drug-likeness (QED) is 0.785. The summed E-state index contributed by atoms with van der Waals surface area (Å²) in [4.78, 5) is 8.93. The zero-order valence-corrected chi connectivity index (χ0v) is 9.20. The average molecular weight is 220 g/mol. The number of aromatic nitrogens is 2. The lowest BCUT2D eigenvalue weighted by atomic mass is 9.95. The number of ether oxygens (including phenoxy) is 1. The summed E-state index contributed by atoms with van der Waals surface area (Å²) < 4.78 is 5.35. The standard InChI is InChI=1S/C11H16N4O/c1-3-16-4-2-8(1)5-9-6-12-10-11(15-9)14-7-13-10/h6,8H,1-5,7H2,(H,12,13)(H,14,15). The highest BCUT2D eigenvalue weighted by Crippen LogP contribution is 2.23. The van der Waals surface area contributed by atoms with Crippen molar-refractivity contribution in [3.63, 3.8) is 0 Å². The van der Waals surface area contributed by atoms with Crippen LogP contribution in [-0.2, 0) is 11.2 Å². The third kappa shape index (κ3) is 1.95. The summed E-state index contributed by atoms with van der Waals surface area (Å²) in [5.41, 5.74) is 1.09. The number of hydrogen-bond donors (Lipinski definition) is 2. The zero-order valence-electron chi connectivity index (χ0n) is 9.20. The second-order valence-electron chi connectivity index (χ2n) is 4.35. The Bertz CT molecular complexity index is 376. The van der Waals surface area contributed by atoms with Gasteiger partial charge >= 0.3 is 0 Å². The number of hydrogen-bond acceptors (Lipinski definition) is 5. The Morgan fingerprint density at radius 3 is 2.94 bits per heavy atom. The third-order valence-corrected chi connectivity index (χ3v) is 3.17. The van der Waals surface area contributed by atoms with Crippen LogP contribution < -0.4 is 10.6 Å². The largest absolute Gasteiger partial charge is 0.381 e. The SMILES string of the molecule is c1nc2c(nc1CC1CCOCC1)NCN2. The predicted molar refractivity (Wildman–Crippen MR) is 61.4 cm³/mol. The molecule has 0 saturated carbocycles. The highest BCUT2D eigenvalue weighted by Gasteiger charge is 2.17. The van der Waals surface area contributed by atoms with Crippen LogP contribution in [0.1, 0.15) is 18.5 Å². The Balaban J connectivity index is 1.69. The van der Waals surface area contributed by atoms with Gasteiger partial charge in [0.05, 0.1) is 18.6 Å². The lowest BCUT2D eigenvalue weighted by Gasteiger charge is -2.21. The summed E-state index contributed by atoms with van der Waals surface area (Å²) in [6.07, 6.45) is 5.19. The van der Waals surface area contributed by atoms with E-state index in [0.717, 1.165) is 56.5 Å². The van der Waals surface area contributed by atoms with Crippen LogP contribution in [0.2, 0.25) is 0 Å². The summed E-state index contributed by atoms with van der Waals surface area (Å²) >= 11 is 0. The van der Waals surface area contributed by atoms with E-state index in [1.54, 1.807) is 0 Å². The molecule has 2 aliphatic heterocycles. The molecule has 1 fully saturated rings. The predicted octanol–water partition coefficient (Wildman–Crippen LogP) is 1.24. The fourth-order valence-corrected chi connectivity index (χ4v) is 2.23. The smallest absolute Gasteiger partial charge is 0.170 e. The minimum Gasteiger partial charge on any atom is -0.381 e. The van der Waals surface area contributed by atoms with Gasteiger partial charge in [-0.15, -0.1) is 0 Å². The molecule has 3 heterocycles. The Morgan fingerprint density at radius 1 is 1.25 bits per heavy atom. The summed E-state index contributed by atoms with van der Waals surface area (Å²) in [6.45, 7) is 2.52. The monoisotopic (exact) mass is 220 g/mol. The van der Waals surface area contributed by atoms with Gasteiger partial charge in [0, 0.05) is 13.2 Å². The minimum atomic E-state index is 0.704. The van der Waals surface area contributed by atoms with Crippen LogP contribution in [0, 0.1) is 5.92 Å². The van der Waals surface area contributed by atoms with Crippen molar-refractivity contribution in [2.75, 3.05) is 30.5 Å². The van der Waals surface area contributed by atoms with Crippen LogP contribution in [-0.4, -0.2) is 29.9 Å². The van der Waals surface area contributed by atoms with Gasteiger partial charge in [-0.1, -0.05) is 0 Å². The van der Waals surface area contributed by atoms with Gasteiger partial charge in [-0.25, -0.2) is 9.97 Å². The topological polar surface area (TPSA) is 59.1 Å². The van der Waals surface area contributed by atoms with Crippen LogP contribution in [0.15, 0.2) is 6.20 Å². The van der Waals surface area contributed by atoms with Crippen LogP contribution >= 0.6 is 0 Å². The van der Waals surface area contributed by atoms with Crippen molar-refractivity contribution in [1.29, 1.82) is 0 Å². The van der Waals surface area contributed by atoms with Gasteiger partial charge in [0.1, 0.15) is 0 Å². The van der Waals surface area contributed by atoms with E-state index in [-0.39, 0.29) is 0 Å². The van der Waals surface area contributed by atoms with E-state index in [1.807, 2.05) is 6.20 Å². The molecule has 0 bridgehead atoms. The molecule has 1 aromatic rings. The van der Waals surface area contributed by atoms with Crippen molar-refractivity contribution in [3.05, 3.63) is 11.9 Å². The molecule has 2 aliphatic rings. The molecule has 1 aromatic heterocycles. The molecule has 2 N–H and O–H groups in total. The van der Waals surface area contributed by atoms with Crippen LogP contribution in [0.25, 0.3) is 0 Å². The molecule has 0 aromatic carbocycles. The first-order valence-electron chi connectivity index (χ1n) is 5.83. The molecule has 16 heavy (non-hydrogen) atoms. The van der Waals surface area contributed by atoms with E-state index in [2.05, 4.69) is 20.6 Å². The van der Waals surface area contributed by atoms with Crippen molar-refractivity contribution in [3.8, 4) is 0 Å². The molecule has 0 atom stereocenters. The molecule has 0 radical (unpaired) electrons. The second kappa shape index (κ2) is 4.25. The summed E-state index contributed by atoms with van der Waals surface area (Å²) in [6, 6.07) is 0. The second-order valence-corrected chi connectivity index (χ2v) is 4.35. The molecule has 0 unspecified atom stereocenters. The van der Waals surface area contributed by atoms with Gasteiger partial charge in [-0.2, -0.15) is 0 Å². The highest BCUT2D eigenvalue weighted by atomic mass is 16.5. The molecular weight excluding hydrogens is 204 g/mol. The molecule has 0 spiro atoms. The summed E-state index contributed by atoms with van der Waals surface area (Å²) in [5, 5.41) is 6.29. The van der Waals surface area contributed by atoms with E-state index in [1.165, 1.54) is 0 Å². The Labute approximate surface area is 94.6 Å². The van der Waals surface area contributed by atoms with Gasteiger partial charge in [-0.3, -0.25) is 0 Å². The fourth-order valence-electron chi connectivity index (χ4n) is 2.23. The number of rotatable bonds is 2. The fraction of sp³-hybridized carbons (Fsp3) is 0.636. The molecule has 1 saturated heterocycles. The maximum absolute atomic E-state index is 5.35. The Hall–Kier alpha value is -1.36. The van der Waals surface area contributed by atoms with Gasteiger partial charge < -0.3 is 15.4 Å². The normalized spacial score (nSPS) is 20.0. The maximum Gasteiger partial charge on any atom is 0.170 e. The van der Waals surface area contributed by atoms with Gasteiger partial charge in [0.2, 0.25) is 0 Å². The summed E-state index contributed by atoms with van der Waals surface area (Å²) in [7, 11) is 0. The first-order chi connectivity index (χ1) is 7.92. The van der Waals surface area contributed by atoms with Gasteiger partial charge in [0.15, 0.2) is 11.6 Å². The van der Waals surface area contributed by atoms with Crippen LogP contribution in [0.3, 0.4) is 0 Å². The van der Waals surface area contributed by atoms with Crippen molar-refractivity contribution >= 4 is 11.6 Å². The highest BCUT2D eigenvalue weighted by molar-refractivity contribution is 5.64. The minimum absolute atomic E-state index is 0.704. The maximum atomic E-state index is 5.35. The van der Waals surface area contributed by atoms with E-state index >= 15 is 0 Å². The van der Waals surface area contributed by atoms with Gasteiger partial charge in [-0.05, 0) is 25.2 Å². The Kier molecular flexibility index (Phi) is 2.61. The first-order valence-corrected chi connectivity index (χ1v) is 5.83.